The van der Waals surface area contributed by atoms with Gasteiger partial charge in [0.25, 0.3) is 5.91 Å². The first-order valence-electron chi connectivity index (χ1n) is 9.26. The second kappa shape index (κ2) is 8.52. The van der Waals surface area contributed by atoms with Gasteiger partial charge in [0.15, 0.2) is 0 Å². The van der Waals surface area contributed by atoms with Crippen molar-refractivity contribution >= 4 is 5.91 Å². The fourth-order valence-electron chi connectivity index (χ4n) is 3.89. The van der Waals surface area contributed by atoms with E-state index in [4.69, 9.17) is 5.21 Å². The van der Waals surface area contributed by atoms with E-state index in [2.05, 4.69) is 47.9 Å². The maximum absolute atomic E-state index is 11.5. The van der Waals surface area contributed by atoms with Gasteiger partial charge in [-0.2, -0.15) is 0 Å². The summed E-state index contributed by atoms with van der Waals surface area (Å²) in [5, 5.41) is 18.7. The summed E-state index contributed by atoms with van der Waals surface area (Å²) in [5.41, 5.74) is 3.88. The van der Waals surface area contributed by atoms with E-state index < -0.39 is 5.91 Å². The third kappa shape index (κ3) is 4.66. The first-order chi connectivity index (χ1) is 13.0. The summed E-state index contributed by atoms with van der Waals surface area (Å²) in [6.45, 7) is 8.04. The standard InChI is InChI=1S/C21H27N3O3/c1-15-11-23(12-16(2)24(15)14-17-6-4-3-5-7-17)13-18-8-9-19(20(25)10-18)21(26)22-27/h3-10,15-16,25,27H,11-14H2,1-2H3,(H,22,26)/t15-,16+. The van der Waals surface area contributed by atoms with E-state index >= 15 is 0 Å². The predicted molar refractivity (Wildman–Crippen MR) is 104 cm³/mol. The van der Waals surface area contributed by atoms with Gasteiger partial charge in [-0.05, 0) is 37.1 Å². The van der Waals surface area contributed by atoms with Crippen LogP contribution >= 0.6 is 0 Å². The van der Waals surface area contributed by atoms with Crippen LogP contribution in [0.1, 0.15) is 35.3 Å². The molecule has 3 rings (SSSR count). The first-order valence-corrected chi connectivity index (χ1v) is 9.26. The van der Waals surface area contributed by atoms with Crippen molar-refractivity contribution in [1.29, 1.82) is 0 Å². The van der Waals surface area contributed by atoms with Gasteiger partial charge in [0.1, 0.15) is 5.75 Å². The minimum absolute atomic E-state index is 0.0654. The van der Waals surface area contributed by atoms with Crippen LogP contribution in [0.25, 0.3) is 0 Å². The molecular formula is C21H27N3O3. The van der Waals surface area contributed by atoms with Crippen molar-refractivity contribution < 1.29 is 15.1 Å². The van der Waals surface area contributed by atoms with E-state index in [0.717, 1.165) is 25.2 Å². The maximum atomic E-state index is 11.5. The van der Waals surface area contributed by atoms with E-state index in [1.165, 1.54) is 11.6 Å². The Bertz CT molecular complexity index is 769. The lowest BCUT2D eigenvalue weighted by molar-refractivity contribution is 0.0290. The SMILES string of the molecule is C[C@@H]1CN(Cc2ccc(C(=O)NO)c(O)c2)C[C@H](C)N1Cc1ccccc1. The summed E-state index contributed by atoms with van der Waals surface area (Å²) < 4.78 is 0. The van der Waals surface area contributed by atoms with Crippen molar-refractivity contribution in [1.82, 2.24) is 15.3 Å². The maximum Gasteiger partial charge on any atom is 0.278 e. The number of phenols is 1. The minimum Gasteiger partial charge on any atom is -0.507 e. The number of piperazine rings is 1. The zero-order valence-electron chi connectivity index (χ0n) is 15.8. The van der Waals surface area contributed by atoms with Crippen molar-refractivity contribution in [2.45, 2.75) is 39.0 Å². The fourth-order valence-corrected chi connectivity index (χ4v) is 3.89. The summed E-state index contributed by atoms with van der Waals surface area (Å²) in [5.74, 6) is -0.835. The number of nitrogens with zero attached hydrogens (tertiary/aromatic N) is 2. The topological polar surface area (TPSA) is 76.0 Å². The average molecular weight is 369 g/mol. The second-order valence-corrected chi connectivity index (χ2v) is 7.34. The van der Waals surface area contributed by atoms with Crippen LogP contribution in [0.15, 0.2) is 48.5 Å². The molecule has 144 valence electrons. The van der Waals surface area contributed by atoms with Gasteiger partial charge in [-0.15, -0.1) is 0 Å². The van der Waals surface area contributed by atoms with Crippen LogP contribution in [0.2, 0.25) is 0 Å². The van der Waals surface area contributed by atoms with Crippen LogP contribution in [0.5, 0.6) is 5.75 Å². The smallest absolute Gasteiger partial charge is 0.278 e. The van der Waals surface area contributed by atoms with Crippen LogP contribution in [-0.2, 0) is 13.1 Å². The van der Waals surface area contributed by atoms with Crippen molar-refractivity contribution in [2.75, 3.05) is 13.1 Å². The average Bonchev–Trinajstić information content (AvgIpc) is 2.65. The molecule has 2 aromatic rings. The van der Waals surface area contributed by atoms with E-state index in [1.807, 2.05) is 12.1 Å². The van der Waals surface area contributed by atoms with Gasteiger partial charge in [-0.3, -0.25) is 19.8 Å². The number of hydrogen-bond donors (Lipinski definition) is 3. The molecule has 0 unspecified atom stereocenters. The van der Waals surface area contributed by atoms with Crippen molar-refractivity contribution in [3.05, 3.63) is 65.2 Å². The van der Waals surface area contributed by atoms with Crippen molar-refractivity contribution in [3.63, 3.8) is 0 Å². The molecule has 6 heteroatoms. The molecule has 0 bridgehead atoms. The summed E-state index contributed by atoms with van der Waals surface area (Å²) in [6, 6.07) is 16.3. The molecule has 0 saturated carbocycles. The van der Waals surface area contributed by atoms with Crippen LogP contribution in [-0.4, -0.2) is 51.2 Å². The van der Waals surface area contributed by atoms with Gasteiger partial charge in [-0.1, -0.05) is 36.4 Å². The Morgan fingerprint density at radius 1 is 1.04 bits per heavy atom. The van der Waals surface area contributed by atoms with Gasteiger partial charge in [0.05, 0.1) is 5.56 Å². The Morgan fingerprint density at radius 2 is 1.70 bits per heavy atom. The molecule has 1 fully saturated rings. The van der Waals surface area contributed by atoms with E-state index in [0.29, 0.717) is 18.6 Å². The van der Waals surface area contributed by atoms with Crippen LogP contribution < -0.4 is 5.48 Å². The third-order valence-electron chi connectivity index (χ3n) is 5.20. The molecule has 0 aliphatic carbocycles. The van der Waals surface area contributed by atoms with Crippen molar-refractivity contribution in [2.24, 2.45) is 0 Å². The number of carbonyl (C=O) groups is 1. The molecule has 0 spiro atoms. The normalized spacial score (nSPS) is 21.1. The number of carbonyl (C=O) groups excluding carboxylic acids is 1. The molecule has 1 aliphatic rings. The number of benzene rings is 2. The van der Waals surface area contributed by atoms with Gasteiger partial charge in [0, 0.05) is 38.3 Å². The highest BCUT2D eigenvalue weighted by Gasteiger charge is 2.29. The lowest BCUT2D eigenvalue weighted by Gasteiger charge is -2.44. The van der Waals surface area contributed by atoms with Crippen LogP contribution in [0.4, 0.5) is 0 Å². The van der Waals surface area contributed by atoms with E-state index in [-0.39, 0.29) is 11.3 Å². The molecule has 6 nitrogen and oxygen atoms in total. The van der Waals surface area contributed by atoms with Crippen LogP contribution in [0.3, 0.4) is 0 Å². The van der Waals surface area contributed by atoms with Gasteiger partial charge < -0.3 is 5.11 Å². The highest BCUT2D eigenvalue weighted by molar-refractivity contribution is 5.96. The fraction of sp³-hybridized carbons (Fsp3) is 0.381. The highest BCUT2D eigenvalue weighted by Crippen LogP contribution is 2.23. The number of phenolic OH excluding ortho intramolecular Hbond substituents is 1. The Balaban J connectivity index is 1.63. The Labute approximate surface area is 160 Å². The molecule has 27 heavy (non-hydrogen) atoms. The Kier molecular flexibility index (Phi) is 6.11. The molecule has 1 aliphatic heterocycles. The van der Waals surface area contributed by atoms with Crippen molar-refractivity contribution in [3.8, 4) is 5.75 Å². The minimum atomic E-state index is -0.712. The third-order valence-corrected chi connectivity index (χ3v) is 5.20. The highest BCUT2D eigenvalue weighted by atomic mass is 16.5. The molecular weight excluding hydrogens is 342 g/mol. The summed E-state index contributed by atoms with van der Waals surface area (Å²) in [7, 11) is 0. The van der Waals surface area contributed by atoms with Gasteiger partial charge >= 0.3 is 0 Å². The predicted octanol–water partition coefficient (Wildman–Crippen LogP) is 2.61. The summed E-state index contributed by atoms with van der Waals surface area (Å²) in [6.07, 6.45) is 0. The van der Waals surface area contributed by atoms with Gasteiger partial charge in [0.2, 0.25) is 0 Å². The molecule has 2 atom stereocenters. The summed E-state index contributed by atoms with van der Waals surface area (Å²) >= 11 is 0. The van der Waals surface area contributed by atoms with Crippen LogP contribution in [0, 0.1) is 0 Å². The zero-order valence-corrected chi connectivity index (χ0v) is 15.8. The zero-order chi connectivity index (χ0) is 19.4. The largest absolute Gasteiger partial charge is 0.507 e. The second-order valence-electron chi connectivity index (χ2n) is 7.34. The molecule has 1 saturated heterocycles. The number of amides is 1. The lowest BCUT2D eigenvalue weighted by atomic mass is 10.0. The number of hydroxylamine groups is 1. The van der Waals surface area contributed by atoms with E-state index in [1.54, 1.807) is 11.5 Å². The lowest BCUT2D eigenvalue weighted by Crippen LogP contribution is -2.55. The van der Waals surface area contributed by atoms with Gasteiger partial charge in [-0.25, -0.2) is 5.48 Å². The summed E-state index contributed by atoms with van der Waals surface area (Å²) in [4.78, 5) is 16.4. The number of nitrogens with one attached hydrogen (secondary N) is 1. The molecule has 1 amide bonds. The molecule has 0 aromatic heterocycles. The number of hydrogen-bond acceptors (Lipinski definition) is 5. The Hall–Kier alpha value is -2.41. The Morgan fingerprint density at radius 3 is 2.30 bits per heavy atom. The number of rotatable bonds is 5. The quantitative estimate of drug-likeness (QED) is 0.558. The number of aromatic hydroxyl groups is 1. The first kappa shape index (κ1) is 19.4. The molecule has 3 N–H and O–H groups in total. The monoisotopic (exact) mass is 369 g/mol. The van der Waals surface area contributed by atoms with E-state index in [9.17, 15) is 9.90 Å². The molecule has 1 heterocycles. The molecule has 2 aromatic carbocycles. The molecule has 0 radical (unpaired) electrons.